The molecule has 0 aliphatic carbocycles. The number of benzene rings is 3. The first-order valence-corrected chi connectivity index (χ1v) is 14.6. The highest BCUT2D eigenvalue weighted by atomic mass is 16.7. The minimum Gasteiger partial charge on any atom is -0.504 e. The molecule has 0 aromatic heterocycles. The lowest BCUT2D eigenvalue weighted by molar-refractivity contribution is -0.300. The van der Waals surface area contributed by atoms with Gasteiger partial charge in [0, 0.05) is 12.3 Å². The van der Waals surface area contributed by atoms with Crippen molar-refractivity contribution in [3.63, 3.8) is 0 Å². The molecule has 0 amide bonds. The van der Waals surface area contributed by atoms with E-state index in [-0.39, 0.29) is 41.7 Å². The molecule has 1 aliphatic heterocycles. The van der Waals surface area contributed by atoms with Crippen LogP contribution in [0.2, 0.25) is 0 Å². The molecule has 1 saturated heterocycles. The number of ether oxygens (including phenoxy) is 3. The van der Waals surface area contributed by atoms with Crippen LogP contribution in [0.4, 0.5) is 0 Å². The van der Waals surface area contributed by atoms with E-state index in [9.17, 15) is 65.8 Å². The number of phenolic OH excluding ortho intramolecular Hbond substituents is 6. The van der Waals surface area contributed by atoms with E-state index in [2.05, 4.69) is 0 Å². The van der Waals surface area contributed by atoms with E-state index >= 15 is 0 Å². The smallest absolute Gasteiger partial charge is 0.345 e. The minimum absolute atomic E-state index is 0.0874. The second-order valence-electron chi connectivity index (χ2n) is 11.2. The summed E-state index contributed by atoms with van der Waals surface area (Å²) in [4.78, 5) is 25.3. The summed E-state index contributed by atoms with van der Waals surface area (Å²) in [5.74, 6) is -6.78. The first kappa shape index (κ1) is 36.0. The van der Waals surface area contributed by atoms with Crippen molar-refractivity contribution < 1.29 is 80.0 Å². The maximum absolute atomic E-state index is 13.3. The van der Waals surface area contributed by atoms with Crippen molar-refractivity contribution >= 4 is 11.9 Å². The van der Waals surface area contributed by atoms with Crippen molar-refractivity contribution in [1.29, 1.82) is 0 Å². The van der Waals surface area contributed by atoms with Gasteiger partial charge in [0.25, 0.3) is 0 Å². The van der Waals surface area contributed by atoms with E-state index in [1.165, 1.54) is 12.1 Å². The Balaban J connectivity index is 1.61. The number of aliphatic hydroxyl groups is 4. The third-order valence-corrected chi connectivity index (χ3v) is 7.90. The Hall–Kier alpha value is -4.84. The summed E-state index contributed by atoms with van der Waals surface area (Å²) in [6.07, 6.45) is -10.5. The van der Waals surface area contributed by atoms with Gasteiger partial charge in [0.1, 0.15) is 24.4 Å². The maximum Gasteiger partial charge on any atom is 0.345 e. The number of aliphatic carboxylic acids is 1. The van der Waals surface area contributed by atoms with E-state index in [0.29, 0.717) is 0 Å². The van der Waals surface area contributed by atoms with Gasteiger partial charge in [0.15, 0.2) is 40.8 Å². The highest BCUT2D eigenvalue weighted by molar-refractivity contribution is 5.79. The quantitative estimate of drug-likeness (QED) is 0.0842. The molecule has 0 bridgehead atoms. The molecule has 2 unspecified atom stereocenters. The summed E-state index contributed by atoms with van der Waals surface area (Å²) >= 11 is 0. The Morgan fingerprint density at radius 2 is 1.40 bits per heavy atom. The van der Waals surface area contributed by atoms with Gasteiger partial charge in [-0.05, 0) is 65.1 Å². The number of rotatable bonds is 13. The third-order valence-electron chi connectivity index (χ3n) is 7.90. The first-order chi connectivity index (χ1) is 22.7. The molecule has 16 heteroatoms. The number of phenols is 6. The lowest BCUT2D eigenvalue weighted by Crippen LogP contribution is -2.59. The molecule has 48 heavy (non-hydrogen) atoms. The SMILES string of the molecule is O=C(CC(c1ccc(O)c(O)c1)c1cc(O)c(O)cc1CCO[C@@H]1O[C@H](CO)[C@@H](O)[C@H](O)[C@H]1O)OC(Cc1ccc(O)c(O)c1)C(=O)O. The lowest BCUT2D eigenvalue weighted by Gasteiger charge is -2.39. The van der Waals surface area contributed by atoms with Crippen LogP contribution >= 0.6 is 0 Å². The van der Waals surface area contributed by atoms with E-state index in [4.69, 9.17) is 14.2 Å². The number of aliphatic hydroxyl groups excluding tert-OH is 4. The predicted molar refractivity (Wildman–Crippen MR) is 160 cm³/mol. The Kier molecular flexibility index (Phi) is 11.5. The normalized spacial score (nSPS) is 22.1. The van der Waals surface area contributed by atoms with Gasteiger partial charge in [-0.15, -0.1) is 0 Å². The maximum atomic E-state index is 13.3. The number of carboxylic acids is 1. The van der Waals surface area contributed by atoms with E-state index in [0.717, 1.165) is 36.4 Å². The summed E-state index contributed by atoms with van der Waals surface area (Å²) in [5.41, 5.74) is 0.879. The molecule has 11 N–H and O–H groups in total. The van der Waals surface area contributed by atoms with E-state index in [1.54, 1.807) is 0 Å². The Labute approximate surface area is 272 Å². The third kappa shape index (κ3) is 8.35. The summed E-state index contributed by atoms with van der Waals surface area (Å²) in [6.45, 7) is -0.948. The Bertz CT molecular complexity index is 1610. The molecule has 0 spiro atoms. The van der Waals surface area contributed by atoms with E-state index < -0.39 is 102 Å². The van der Waals surface area contributed by atoms with Crippen molar-refractivity contribution in [2.24, 2.45) is 0 Å². The average Bonchev–Trinajstić information content (AvgIpc) is 3.04. The molecule has 0 radical (unpaired) electrons. The molecule has 16 nitrogen and oxygen atoms in total. The summed E-state index contributed by atoms with van der Waals surface area (Å²) in [5, 5.41) is 110. The van der Waals surface area contributed by atoms with E-state index in [1.807, 2.05) is 0 Å². The van der Waals surface area contributed by atoms with Crippen LogP contribution < -0.4 is 0 Å². The van der Waals surface area contributed by atoms with Crippen LogP contribution in [0.3, 0.4) is 0 Å². The molecular weight excluding hydrogens is 640 g/mol. The topological polar surface area (TPSA) is 284 Å². The highest BCUT2D eigenvalue weighted by Gasteiger charge is 2.44. The molecule has 1 heterocycles. The Morgan fingerprint density at radius 3 is 2.02 bits per heavy atom. The minimum atomic E-state index is -1.73. The Morgan fingerprint density at radius 1 is 0.771 bits per heavy atom. The summed E-state index contributed by atoms with van der Waals surface area (Å²) < 4.78 is 16.2. The zero-order valence-corrected chi connectivity index (χ0v) is 25.2. The summed E-state index contributed by atoms with van der Waals surface area (Å²) in [7, 11) is 0. The van der Waals surface area contributed by atoms with Gasteiger partial charge < -0.3 is 70.4 Å². The number of carbonyl (C=O) groups excluding carboxylic acids is 1. The van der Waals surface area contributed by atoms with Crippen molar-refractivity contribution in [3.8, 4) is 34.5 Å². The van der Waals surface area contributed by atoms with Gasteiger partial charge in [-0.25, -0.2) is 4.79 Å². The van der Waals surface area contributed by atoms with Crippen molar-refractivity contribution in [2.75, 3.05) is 13.2 Å². The first-order valence-electron chi connectivity index (χ1n) is 14.6. The zero-order valence-electron chi connectivity index (χ0n) is 25.2. The monoisotopic (exact) mass is 676 g/mol. The fourth-order valence-electron chi connectivity index (χ4n) is 5.29. The molecule has 3 aromatic rings. The summed E-state index contributed by atoms with van der Waals surface area (Å²) in [6, 6.07) is 9.52. The highest BCUT2D eigenvalue weighted by Crippen LogP contribution is 2.40. The van der Waals surface area contributed by atoms with Crippen LogP contribution in [0, 0.1) is 0 Å². The van der Waals surface area contributed by atoms with Gasteiger partial charge in [0.05, 0.1) is 19.6 Å². The van der Waals surface area contributed by atoms with Crippen molar-refractivity contribution in [2.45, 2.75) is 62.0 Å². The van der Waals surface area contributed by atoms with Crippen LogP contribution in [0.1, 0.15) is 34.6 Å². The van der Waals surface area contributed by atoms with Crippen LogP contribution in [-0.4, -0.2) is 118 Å². The standard InChI is InChI=1S/C32H36O16/c33-13-26-28(41)29(42)30(43)32(48-26)46-6-5-16-10-23(38)24(39)11-17(16)18(15-2-4-20(35)22(37)9-15)12-27(40)47-25(31(44)45)8-14-1-3-19(34)21(36)7-14/h1-4,7,9-11,18,25-26,28-30,32-39,41-43H,5-6,8,12-13H2,(H,44,45)/t18?,25?,26-,28-,29+,30-,32-/m1/s1. The average molecular weight is 677 g/mol. The van der Waals surface area contributed by atoms with Gasteiger partial charge in [-0.2, -0.15) is 0 Å². The van der Waals surface area contributed by atoms with Crippen LogP contribution in [0.5, 0.6) is 34.5 Å². The molecule has 260 valence electrons. The number of hydrogen-bond acceptors (Lipinski definition) is 15. The fourth-order valence-corrected chi connectivity index (χ4v) is 5.29. The second-order valence-corrected chi connectivity index (χ2v) is 11.2. The van der Waals surface area contributed by atoms with Crippen molar-refractivity contribution in [3.05, 3.63) is 70.8 Å². The fraction of sp³-hybridized carbons (Fsp3) is 0.375. The molecule has 1 aliphatic rings. The second kappa shape index (κ2) is 15.4. The van der Waals surface area contributed by atoms with Crippen molar-refractivity contribution in [1.82, 2.24) is 0 Å². The van der Waals surface area contributed by atoms with Gasteiger partial charge >= 0.3 is 11.9 Å². The molecule has 3 aromatic carbocycles. The largest absolute Gasteiger partial charge is 0.504 e. The van der Waals surface area contributed by atoms with Gasteiger partial charge in [-0.3, -0.25) is 4.79 Å². The molecule has 7 atom stereocenters. The van der Waals surface area contributed by atoms with Crippen LogP contribution in [0.15, 0.2) is 48.5 Å². The van der Waals surface area contributed by atoms with Gasteiger partial charge in [-0.1, -0.05) is 12.1 Å². The predicted octanol–water partition coefficient (Wildman–Crippen LogP) is 0.0403. The molecule has 0 saturated carbocycles. The van der Waals surface area contributed by atoms with Crippen LogP contribution in [-0.2, 0) is 36.6 Å². The number of carbonyl (C=O) groups is 2. The molecular formula is C32H36O16. The molecule has 4 rings (SSSR count). The van der Waals surface area contributed by atoms with Gasteiger partial charge in [0.2, 0.25) is 6.10 Å². The number of aromatic hydroxyl groups is 6. The lowest BCUT2D eigenvalue weighted by atomic mass is 9.84. The zero-order chi connectivity index (χ0) is 35.3. The number of hydrogen-bond donors (Lipinski definition) is 11. The van der Waals surface area contributed by atoms with Crippen LogP contribution in [0.25, 0.3) is 0 Å². The number of esters is 1. The number of carboxylic acid groups (broad SMARTS) is 1. The molecule has 1 fully saturated rings.